The summed E-state index contributed by atoms with van der Waals surface area (Å²) in [7, 11) is 1.73. The van der Waals surface area contributed by atoms with Gasteiger partial charge in [-0.15, -0.1) is 11.3 Å². The summed E-state index contributed by atoms with van der Waals surface area (Å²) in [6.07, 6.45) is 2.05. The Morgan fingerprint density at radius 3 is 3.07 bits per heavy atom. The monoisotopic (exact) mass is 214 g/mol. The van der Waals surface area contributed by atoms with Crippen molar-refractivity contribution in [3.63, 3.8) is 0 Å². The molecule has 4 heteroatoms. The van der Waals surface area contributed by atoms with E-state index in [1.165, 1.54) is 5.01 Å². The average Bonchev–Trinajstić information content (AvgIpc) is 2.66. The molecule has 0 aromatic carbocycles. The maximum Gasteiger partial charge on any atom is 0.0929 e. The standard InChI is InChI=1S/C10H18N2OS/c1-8(6-11)9-7-14-10(12-9)4-3-5-13-2/h7-8H,3-6,11H2,1-2H3. The van der Waals surface area contributed by atoms with Crippen molar-refractivity contribution in [2.24, 2.45) is 5.73 Å². The van der Waals surface area contributed by atoms with Gasteiger partial charge in [0.05, 0.1) is 10.7 Å². The number of methoxy groups -OCH3 is 1. The van der Waals surface area contributed by atoms with E-state index in [4.69, 9.17) is 10.5 Å². The fourth-order valence-electron chi connectivity index (χ4n) is 1.15. The Morgan fingerprint density at radius 2 is 2.43 bits per heavy atom. The van der Waals surface area contributed by atoms with Crippen molar-refractivity contribution in [3.05, 3.63) is 16.1 Å². The number of nitrogens with zero attached hydrogens (tertiary/aromatic N) is 1. The quantitative estimate of drug-likeness (QED) is 0.734. The Labute approximate surface area is 89.3 Å². The second-order valence-corrected chi connectivity index (χ2v) is 4.34. The first-order valence-electron chi connectivity index (χ1n) is 4.91. The number of hydrogen-bond donors (Lipinski definition) is 1. The summed E-state index contributed by atoms with van der Waals surface area (Å²) in [5.74, 6) is 0.377. The lowest BCUT2D eigenvalue weighted by molar-refractivity contribution is 0.195. The first-order chi connectivity index (χ1) is 6.77. The molecular formula is C10H18N2OS. The Kier molecular flexibility index (Phi) is 5.07. The van der Waals surface area contributed by atoms with E-state index in [-0.39, 0.29) is 0 Å². The van der Waals surface area contributed by atoms with E-state index in [1.54, 1.807) is 18.4 Å². The summed E-state index contributed by atoms with van der Waals surface area (Å²) in [4.78, 5) is 4.54. The molecule has 0 amide bonds. The zero-order chi connectivity index (χ0) is 10.4. The summed E-state index contributed by atoms with van der Waals surface area (Å²) in [6.45, 7) is 3.58. The van der Waals surface area contributed by atoms with Crippen LogP contribution in [0.2, 0.25) is 0 Å². The van der Waals surface area contributed by atoms with E-state index in [1.807, 2.05) is 0 Å². The lowest BCUT2D eigenvalue weighted by atomic mass is 10.1. The second kappa shape index (κ2) is 6.11. The molecule has 14 heavy (non-hydrogen) atoms. The summed E-state index contributed by atoms with van der Waals surface area (Å²) in [5.41, 5.74) is 6.71. The van der Waals surface area contributed by atoms with Crippen LogP contribution in [0.25, 0.3) is 0 Å². The number of rotatable bonds is 6. The molecule has 0 aliphatic carbocycles. The van der Waals surface area contributed by atoms with Gasteiger partial charge < -0.3 is 10.5 Å². The predicted molar refractivity (Wildman–Crippen MR) is 59.8 cm³/mol. The van der Waals surface area contributed by atoms with E-state index in [9.17, 15) is 0 Å². The molecule has 3 nitrogen and oxygen atoms in total. The van der Waals surface area contributed by atoms with E-state index in [2.05, 4.69) is 17.3 Å². The first kappa shape index (κ1) is 11.6. The average molecular weight is 214 g/mol. The molecule has 1 rings (SSSR count). The highest BCUT2D eigenvalue weighted by Crippen LogP contribution is 2.18. The molecule has 0 saturated heterocycles. The maximum absolute atomic E-state index is 5.58. The van der Waals surface area contributed by atoms with Gasteiger partial charge in [0, 0.05) is 38.0 Å². The summed E-state index contributed by atoms with van der Waals surface area (Å²) in [5, 5.41) is 3.30. The predicted octanol–water partition coefficient (Wildman–Crippen LogP) is 1.78. The number of aryl methyl sites for hydroxylation is 1. The minimum atomic E-state index is 0.377. The maximum atomic E-state index is 5.58. The van der Waals surface area contributed by atoms with Gasteiger partial charge in [-0.25, -0.2) is 4.98 Å². The highest BCUT2D eigenvalue weighted by Gasteiger charge is 2.07. The largest absolute Gasteiger partial charge is 0.385 e. The van der Waals surface area contributed by atoms with Crippen LogP contribution in [0.3, 0.4) is 0 Å². The molecule has 1 atom stereocenters. The molecule has 1 heterocycles. The lowest BCUT2D eigenvalue weighted by Crippen LogP contribution is -2.09. The molecule has 1 unspecified atom stereocenters. The van der Waals surface area contributed by atoms with E-state index < -0.39 is 0 Å². The van der Waals surface area contributed by atoms with Crippen LogP contribution in [-0.4, -0.2) is 25.2 Å². The summed E-state index contributed by atoms with van der Waals surface area (Å²) in [6, 6.07) is 0. The topological polar surface area (TPSA) is 48.1 Å². The van der Waals surface area contributed by atoms with Gasteiger partial charge >= 0.3 is 0 Å². The van der Waals surface area contributed by atoms with E-state index in [0.29, 0.717) is 12.5 Å². The van der Waals surface area contributed by atoms with Gasteiger partial charge in [0.1, 0.15) is 0 Å². The van der Waals surface area contributed by atoms with Gasteiger partial charge in [-0.3, -0.25) is 0 Å². The van der Waals surface area contributed by atoms with Crippen LogP contribution in [0.15, 0.2) is 5.38 Å². The number of ether oxygens (including phenoxy) is 1. The van der Waals surface area contributed by atoms with Crippen LogP contribution < -0.4 is 5.73 Å². The Balaban J connectivity index is 2.42. The highest BCUT2D eigenvalue weighted by molar-refractivity contribution is 7.09. The SMILES string of the molecule is COCCCc1nc(C(C)CN)cs1. The van der Waals surface area contributed by atoms with Crippen molar-refractivity contribution >= 4 is 11.3 Å². The van der Waals surface area contributed by atoms with Gasteiger partial charge in [-0.05, 0) is 6.42 Å². The molecule has 0 aliphatic heterocycles. The van der Waals surface area contributed by atoms with Crippen LogP contribution in [0.1, 0.15) is 30.0 Å². The molecular weight excluding hydrogens is 196 g/mol. The van der Waals surface area contributed by atoms with Crippen molar-refractivity contribution in [2.75, 3.05) is 20.3 Å². The van der Waals surface area contributed by atoms with E-state index >= 15 is 0 Å². The van der Waals surface area contributed by atoms with Crippen LogP contribution in [0, 0.1) is 0 Å². The number of hydrogen-bond acceptors (Lipinski definition) is 4. The van der Waals surface area contributed by atoms with Crippen LogP contribution >= 0.6 is 11.3 Å². The normalized spacial score (nSPS) is 13.1. The molecule has 0 bridgehead atoms. The highest BCUT2D eigenvalue weighted by atomic mass is 32.1. The summed E-state index contributed by atoms with van der Waals surface area (Å²) < 4.78 is 5.00. The fraction of sp³-hybridized carbons (Fsp3) is 0.700. The number of aromatic nitrogens is 1. The smallest absolute Gasteiger partial charge is 0.0929 e. The molecule has 1 aromatic heterocycles. The minimum absolute atomic E-state index is 0.377. The third kappa shape index (κ3) is 3.36. The molecule has 0 spiro atoms. The molecule has 0 fully saturated rings. The lowest BCUT2D eigenvalue weighted by Gasteiger charge is -2.02. The minimum Gasteiger partial charge on any atom is -0.385 e. The number of nitrogens with two attached hydrogens (primary N) is 1. The summed E-state index contributed by atoms with van der Waals surface area (Å²) >= 11 is 1.72. The Bertz CT molecular complexity index is 262. The van der Waals surface area contributed by atoms with Crippen molar-refractivity contribution in [2.45, 2.75) is 25.7 Å². The molecule has 1 aromatic rings. The van der Waals surface area contributed by atoms with Crippen LogP contribution in [0.4, 0.5) is 0 Å². The van der Waals surface area contributed by atoms with Gasteiger partial charge in [0.25, 0.3) is 0 Å². The van der Waals surface area contributed by atoms with Crippen molar-refractivity contribution < 1.29 is 4.74 Å². The Hall–Kier alpha value is -0.450. The van der Waals surface area contributed by atoms with Crippen molar-refractivity contribution in [3.8, 4) is 0 Å². The van der Waals surface area contributed by atoms with Gasteiger partial charge in [-0.1, -0.05) is 6.92 Å². The molecule has 0 aliphatic rings. The zero-order valence-corrected chi connectivity index (χ0v) is 9.64. The third-order valence-electron chi connectivity index (χ3n) is 2.17. The molecule has 80 valence electrons. The van der Waals surface area contributed by atoms with Gasteiger partial charge in [-0.2, -0.15) is 0 Å². The first-order valence-corrected chi connectivity index (χ1v) is 5.79. The Morgan fingerprint density at radius 1 is 1.64 bits per heavy atom. The zero-order valence-electron chi connectivity index (χ0n) is 8.82. The van der Waals surface area contributed by atoms with Crippen molar-refractivity contribution in [1.82, 2.24) is 4.98 Å². The molecule has 2 N–H and O–H groups in total. The number of thiazole rings is 1. The molecule has 0 saturated carbocycles. The second-order valence-electron chi connectivity index (χ2n) is 3.40. The van der Waals surface area contributed by atoms with Gasteiger partial charge in [0.2, 0.25) is 0 Å². The van der Waals surface area contributed by atoms with Crippen LogP contribution in [-0.2, 0) is 11.2 Å². The van der Waals surface area contributed by atoms with Crippen molar-refractivity contribution in [1.29, 1.82) is 0 Å². The third-order valence-corrected chi connectivity index (χ3v) is 3.09. The van der Waals surface area contributed by atoms with Crippen LogP contribution in [0.5, 0.6) is 0 Å². The fourth-order valence-corrected chi connectivity index (χ4v) is 2.12. The van der Waals surface area contributed by atoms with Gasteiger partial charge in [0.15, 0.2) is 0 Å². The van der Waals surface area contributed by atoms with E-state index in [0.717, 1.165) is 25.1 Å². The molecule has 0 radical (unpaired) electrons.